The maximum atomic E-state index is 6.10. The molecule has 0 fully saturated rings. The molecule has 0 aliphatic rings. The molecule has 2 rings (SSSR count). The molecule has 2 aromatic rings. The third-order valence-corrected chi connectivity index (χ3v) is 3.64. The quantitative estimate of drug-likeness (QED) is 0.854. The summed E-state index contributed by atoms with van der Waals surface area (Å²) in [5.74, 6) is 0.818. The molecule has 0 saturated heterocycles. The summed E-state index contributed by atoms with van der Waals surface area (Å²) in [6.07, 6.45) is 1.84. The topological polar surface area (TPSA) is 52.3 Å². The van der Waals surface area contributed by atoms with Gasteiger partial charge < -0.3 is 4.74 Å². The van der Waals surface area contributed by atoms with Crippen LogP contribution >= 0.6 is 11.6 Å². The van der Waals surface area contributed by atoms with Crippen LogP contribution in [0.1, 0.15) is 30.3 Å². The molecular formula is C12H17ClN4O. The molecule has 2 heterocycles. The summed E-state index contributed by atoms with van der Waals surface area (Å²) >= 11 is 6.10. The maximum Gasteiger partial charge on any atom is 0.181 e. The van der Waals surface area contributed by atoms with Crippen molar-refractivity contribution >= 4 is 17.2 Å². The SMILES string of the molecule is COC(C)CCc1nnc2c(C)c(C)c(Cl)nn12. The molecule has 1 unspecified atom stereocenters. The first-order valence-corrected chi connectivity index (χ1v) is 6.32. The van der Waals surface area contributed by atoms with E-state index in [2.05, 4.69) is 15.3 Å². The zero-order chi connectivity index (χ0) is 13.3. The van der Waals surface area contributed by atoms with Crippen LogP contribution in [0.15, 0.2) is 0 Å². The Hall–Kier alpha value is -1.20. The zero-order valence-electron chi connectivity index (χ0n) is 11.1. The number of rotatable bonds is 4. The highest BCUT2D eigenvalue weighted by atomic mass is 35.5. The minimum absolute atomic E-state index is 0.194. The molecule has 1 atom stereocenters. The molecule has 5 nitrogen and oxygen atoms in total. The van der Waals surface area contributed by atoms with Gasteiger partial charge in [0.15, 0.2) is 16.6 Å². The fourth-order valence-electron chi connectivity index (χ4n) is 1.74. The van der Waals surface area contributed by atoms with Crippen LogP contribution in [-0.2, 0) is 11.2 Å². The van der Waals surface area contributed by atoms with Crippen LogP contribution in [0.4, 0.5) is 0 Å². The van der Waals surface area contributed by atoms with Gasteiger partial charge in [-0.25, -0.2) is 0 Å². The Bertz CT molecular complexity index is 567. The van der Waals surface area contributed by atoms with Gasteiger partial charge in [-0.15, -0.1) is 10.2 Å². The van der Waals surface area contributed by atoms with Gasteiger partial charge in [-0.2, -0.15) is 9.61 Å². The van der Waals surface area contributed by atoms with Crippen LogP contribution in [-0.4, -0.2) is 33.0 Å². The Morgan fingerprint density at radius 3 is 2.67 bits per heavy atom. The number of nitrogens with zero attached hydrogens (tertiary/aromatic N) is 4. The second kappa shape index (κ2) is 5.20. The molecule has 98 valence electrons. The van der Waals surface area contributed by atoms with Crippen molar-refractivity contribution in [3.8, 4) is 0 Å². The fourth-order valence-corrected chi connectivity index (χ4v) is 1.96. The van der Waals surface area contributed by atoms with E-state index in [0.717, 1.165) is 35.4 Å². The Morgan fingerprint density at radius 2 is 2.00 bits per heavy atom. The predicted octanol–water partition coefficient (Wildman–Crippen LogP) is 2.36. The van der Waals surface area contributed by atoms with Crippen LogP contribution in [0, 0.1) is 13.8 Å². The molecule has 0 aliphatic carbocycles. The molecule has 0 saturated carbocycles. The van der Waals surface area contributed by atoms with E-state index in [0.29, 0.717) is 5.15 Å². The average Bonchev–Trinajstić information content (AvgIpc) is 2.76. The number of fused-ring (bicyclic) bond motifs is 1. The first-order valence-electron chi connectivity index (χ1n) is 5.94. The van der Waals surface area contributed by atoms with E-state index < -0.39 is 0 Å². The third-order valence-electron chi connectivity index (χ3n) is 3.28. The van der Waals surface area contributed by atoms with Crippen LogP contribution < -0.4 is 0 Å². The van der Waals surface area contributed by atoms with Gasteiger partial charge in [-0.05, 0) is 32.8 Å². The summed E-state index contributed by atoms with van der Waals surface area (Å²) in [6, 6.07) is 0. The van der Waals surface area contributed by atoms with Gasteiger partial charge in [0.05, 0.1) is 6.10 Å². The summed E-state index contributed by atoms with van der Waals surface area (Å²) in [5.41, 5.74) is 2.75. The zero-order valence-corrected chi connectivity index (χ0v) is 11.8. The number of halogens is 1. The van der Waals surface area contributed by atoms with E-state index in [1.807, 2.05) is 20.8 Å². The van der Waals surface area contributed by atoms with E-state index in [1.54, 1.807) is 11.6 Å². The van der Waals surface area contributed by atoms with E-state index in [1.165, 1.54) is 0 Å². The summed E-state index contributed by atoms with van der Waals surface area (Å²) in [6.45, 7) is 5.94. The lowest BCUT2D eigenvalue weighted by Crippen LogP contribution is -2.09. The lowest BCUT2D eigenvalue weighted by atomic mass is 10.2. The van der Waals surface area contributed by atoms with Crippen molar-refractivity contribution in [2.45, 2.75) is 39.7 Å². The highest BCUT2D eigenvalue weighted by Crippen LogP contribution is 2.20. The molecule has 2 aromatic heterocycles. The molecule has 18 heavy (non-hydrogen) atoms. The van der Waals surface area contributed by atoms with Gasteiger partial charge in [0.25, 0.3) is 0 Å². The minimum atomic E-state index is 0.194. The van der Waals surface area contributed by atoms with Crippen LogP contribution in [0.25, 0.3) is 5.65 Å². The minimum Gasteiger partial charge on any atom is -0.382 e. The second-order valence-corrected chi connectivity index (χ2v) is 4.84. The van der Waals surface area contributed by atoms with Crippen LogP contribution in [0.5, 0.6) is 0 Å². The number of methoxy groups -OCH3 is 1. The molecule has 0 bridgehead atoms. The molecule has 0 amide bonds. The van der Waals surface area contributed by atoms with E-state index in [-0.39, 0.29) is 6.10 Å². The highest BCUT2D eigenvalue weighted by molar-refractivity contribution is 6.30. The number of ether oxygens (including phenoxy) is 1. The van der Waals surface area contributed by atoms with E-state index in [4.69, 9.17) is 16.3 Å². The number of hydrogen-bond donors (Lipinski definition) is 0. The monoisotopic (exact) mass is 268 g/mol. The molecule has 6 heteroatoms. The molecule has 0 N–H and O–H groups in total. The first kappa shape index (κ1) is 13.2. The first-order chi connectivity index (χ1) is 8.54. The summed E-state index contributed by atoms with van der Waals surface area (Å²) in [7, 11) is 1.70. The van der Waals surface area contributed by atoms with Crippen molar-refractivity contribution in [3.05, 3.63) is 22.1 Å². The highest BCUT2D eigenvalue weighted by Gasteiger charge is 2.14. The Kier molecular flexibility index (Phi) is 3.82. The number of aromatic nitrogens is 4. The smallest absolute Gasteiger partial charge is 0.181 e. The summed E-state index contributed by atoms with van der Waals surface area (Å²) < 4.78 is 6.95. The lowest BCUT2D eigenvalue weighted by molar-refractivity contribution is 0.110. The van der Waals surface area contributed by atoms with Crippen molar-refractivity contribution in [2.75, 3.05) is 7.11 Å². The Labute approximate surface area is 111 Å². The number of hydrogen-bond acceptors (Lipinski definition) is 4. The van der Waals surface area contributed by atoms with E-state index in [9.17, 15) is 0 Å². The maximum absolute atomic E-state index is 6.10. The third kappa shape index (κ3) is 2.33. The second-order valence-electron chi connectivity index (χ2n) is 4.48. The van der Waals surface area contributed by atoms with Crippen molar-refractivity contribution in [1.82, 2.24) is 19.8 Å². The normalized spacial score (nSPS) is 13.2. The van der Waals surface area contributed by atoms with Gasteiger partial charge in [0.1, 0.15) is 0 Å². The van der Waals surface area contributed by atoms with Gasteiger partial charge in [-0.1, -0.05) is 11.6 Å². The molecule has 0 radical (unpaired) electrons. The molecule has 0 aliphatic heterocycles. The molecule has 0 aromatic carbocycles. The average molecular weight is 269 g/mol. The van der Waals surface area contributed by atoms with Crippen LogP contribution in [0.2, 0.25) is 5.15 Å². The Morgan fingerprint density at radius 1 is 1.28 bits per heavy atom. The van der Waals surface area contributed by atoms with Gasteiger partial charge in [0.2, 0.25) is 0 Å². The Balaban J connectivity index is 2.36. The number of aryl methyl sites for hydroxylation is 2. The van der Waals surface area contributed by atoms with E-state index >= 15 is 0 Å². The van der Waals surface area contributed by atoms with Gasteiger partial charge in [0, 0.05) is 19.1 Å². The van der Waals surface area contributed by atoms with Crippen molar-refractivity contribution < 1.29 is 4.74 Å². The van der Waals surface area contributed by atoms with Gasteiger partial charge >= 0.3 is 0 Å². The van der Waals surface area contributed by atoms with Crippen LogP contribution in [0.3, 0.4) is 0 Å². The largest absolute Gasteiger partial charge is 0.382 e. The standard InChI is InChI=1S/C12H17ClN4O/c1-7(18-4)5-6-10-14-15-12-9(3)8(2)11(13)16-17(10)12/h7H,5-6H2,1-4H3. The summed E-state index contributed by atoms with van der Waals surface area (Å²) in [5, 5.41) is 13.2. The summed E-state index contributed by atoms with van der Waals surface area (Å²) in [4.78, 5) is 0. The van der Waals surface area contributed by atoms with Crippen molar-refractivity contribution in [2.24, 2.45) is 0 Å². The van der Waals surface area contributed by atoms with Crippen molar-refractivity contribution in [3.63, 3.8) is 0 Å². The molecule has 0 spiro atoms. The molecular weight excluding hydrogens is 252 g/mol. The lowest BCUT2D eigenvalue weighted by Gasteiger charge is -2.08. The van der Waals surface area contributed by atoms with Gasteiger partial charge in [-0.3, -0.25) is 0 Å². The van der Waals surface area contributed by atoms with Crippen molar-refractivity contribution in [1.29, 1.82) is 0 Å². The fraction of sp³-hybridized carbons (Fsp3) is 0.583. The predicted molar refractivity (Wildman–Crippen MR) is 70.1 cm³/mol.